The molecule has 43 heavy (non-hydrogen) atoms. The molecule has 0 aliphatic carbocycles. The molecule has 3 fully saturated rings. The van der Waals surface area contributed by atoms with E-state index in [-0.39, 0.29) is 41.5 Å². The van der Waals surface area contributed by atoms with E-state index >= 15 is 0 Å². The maximum atomic E-state index is 13.8. The van der Waals surface area contributed by atoms with Gasteiger partial charge in [0.2, 0.25) is 23.6 Å². The molecule has 2 N–H and O–H groups in total. The van der Waals surface area contributed by atoms with Gasteiger partial charge in [0.1, 0.15) is 17.8 Å². The fraction of sp³-hybridized carbons (Fsp3) is 0.529. The molecule has 4 amide bonds. The molecule has 3 saturated heterocycles. The lowest BCUT2D eigenvalue weighted by atomic mass is 9.77. The van der Waals surface area contributed by atoms with Crippen LogP contribution in [-0.4, -0.2) is 77.8 Å². The van der Waals surface area contributed by atoms with Crippen LogP contribution in [0.25, 0.3) is 0 Å². The first-order chi connectivity index (χ1) is 20.9. The fourth-order valence-corrected chi connectivity index (χ4v) is 6.85. The van der Waals surface area contributed by atoms with Gasteiger partial charge in [0, 0.05) is 38.5 Å². The van der Waals surface area contributed by atoms with Crippen molar-refractivity contribution in [1.82, 2.24) is 20.4 Å². The summed E-state index contributed by atoms with van der Waals surface area (Å²) < 4.78 is 5.76. The number of carbonyl (C=O) groups is 4. The molecule has 230 valence electrons. The van der Waals surface area contributed by atoms with Gasteiger partial charge in [-0.1, -0.05) is 48.5 Å². The average molecular weight is 589 g/mol. The number of ether oxygens (including phenoxy) is 1. The minimum Gasteiger partial charge on any atom is -0.494 e. The number of likely N-dealkylation sites (tertiary alicyclic amines) is 1. The van der Waals surface area contributed by atoms with Gasteiger partial charge in [0.05, 0.1) is 6.61 Å². The summed E-state index contributed by atoms with van der Waals surface area (Å²) in [5.41, 5.74) is 1.09. The summed E-state index contributed by atoms with van der Waals surface area (Å²) in [6.45, 7) is 4.02. The van der Waals surface area contributed by atoms with Gasteiger partial charge < -0.3 is 25.2 Å². The van der Waals surface area contributed by atoms with Crippen molar-refractivity contribution in [2.75, 3.05) is 26.2 Å². The second-order valence-corrected chi connectivity index (χ2v) is 12.3. The van der Waals surface area contributed by atoms with Gasteiger partial charge in [-0.2, -0.15) is 0 Å². The maximum Gasteiger partial charge on any atom is 0.245 e. The van der Waals surface area contributed by atoms with Crippen LogP contribution < -0.4 is 15.4 Å². The molecular formula is C34H44N4O5. The van der Waals surface area contributed by atoms with Crippen LogP contribution in [0.15, 0.2) is 60.7 Å². The molecule has 0 spiro atoms. The number of fused-ring (bicyclic) bond motifs is 4. The smallest absolute Gasteiger partial charge is 0.245 e. The molecule has 3 aliphatic heterocycles. The zero-order chi connectivity index (χ0) is 30.2. The van der Waals surface area contributed by atoms with E-state index in [0.717, 1.165) is 17.7 Å². The Bertz CT molecular complexity index is 1260. The lowest BCUT2D eigenvalue weighted by Gasteiger charge is -2.51. The first kappa shape index (κ1) is 30.6. The number of aryl methyl sites for hydroxylation is 1. The van der Waals surface area contributed by atoms with Gasteiger partial charge in [-0.05, 0) is 75.0 Å². The number of amides is 4. The third-order valence-electron chi connectivity index (χ3n) is 9.00. The van der Waals surface area contributed by atoms with Crippen molar-refractivity contribution in [2.24, 2.45) is 11.8 Å². The van der Waals surface area contributed by atoms with Crippen LogP contribution in [0.2, 0.25) is 0 Å². The molecule has 2 aromatic rings. The quantitative estimate of drug-likeness (QED) is 0.460. The molecule has 9 heteroatoms. The van der Waals surface area contributed by atoms with E-state index in [2.05, 4.69) is 10.6 Å². The van der Waals surface area contributed by atoms with Crippen LogP contribution in [-0.2, 0) is 25.6 Å². The SMILES string of the molecule is C[C@H]1NC(=O)[C@H](CCc2ccccc2)NC(=O)CCC[C@H]2[C@@H]3C[C@@H](CN(C(=O)CCCOc4ccccc4)C3)CN2C1=O. The Kier molecular flexibility index (Phi) is 10.3. The first-order valence-corrected chi connectivity index (χ1v) is 15.8. The monoisotopic (exact) mass is 588 g/mol. The van der Waals surface area contributed by atoms with Gasteiger partial charge in [-0.25, -0.2) is 0 Å². The number of para-hydroxylation sites is 1. The summed E-state index contributed by atoms with van der Waals surface area (Å²) in [7, 11) is 0. The van der Waals surface area contributed by atoms with Crippen LogP contribution in [0.3, 0.4) is 0 Å². The molecule has 2 aromatic carbocycles. The number of carbonyl (C=O) groups excluding carboxylic acids is 4. The Hall–Kier alpha value is -3.88. The number of hydrogen-bond donors (Lipinski definition) is 2. The predicted molar refractivity (Wildman–Crippen MR) is 163 cm³/mol. The summed E-state index contributed by atoms with van der Waals surface area (Å²) in [5.74, 6) is 0.713. The van der Waals surface area contributed by atoms with Crippen molar-refractivity contribution >= 4 is 23.6 Å². The van der Waals surface area contributed by atoms with Gasteiger partial charge >= 0.3 is 0 Å². The molecule has 9 nitrogen and oxygen atoms in total. The number of nitrogens with zero attached hydrogens (tertiary/aromatic N) is 2. The number of piperidine rings is 2. The highest BCUT2D eigenvalue weighted by Gasteiger charge is 2.44. The van der Waals surface area contributed by atoms with Crippen molar-refractivity contribution in [2.45, 2.75) is 76.4 Å². The van der Waals surface area contributed by atoms with E-state index in [4.69, 9.17) is 4.74 Å². The molecule has 0 aromatic heterocycles. The standard InChI is InChI=1S/C34H44N4O5/c1-24-34(42)38-22-26-20-27(23-37(21-26)32(40)16-9-19-43-28-12-6-3-7-13-28)30(38)14-8-15-31(39)36-29(33(41)35-24)18-17-25-10-4-2-5-11-25/h2-7,10-13,24,26-27,29-30H,8-9,14-23H2,1H3,(H,35,41)(H,36,39)/t24-,26+,27-,29+,30+/m1/s1. The number of benzene rings is 2. The normalized spacial score (nSPS) is 26.3. The zero-order valence-electron chi connectivity index (χ0n) is 25.1. The van der Waals surface area contributed by atoms with Gasteiger partial charge in [0.25, 0.3) is 0 Å². The number of nitrogens with one attached hydrogen (secondary N) is 2. The first-order valence-electron chi connectivity index (χ1n) is 15.8. The van der Waals surface area contributed by atoms with E-state index < -0.39 is 12.1 Å². The molecule has 0 saturated carbocycles. The molecule has 3 heterocycles. The van der Waals surface area contributed by atoms with Crippen LogP contribution in [0.4, 0.5) is 0 Å². The van der Waals surface area contributed by atoms with Gasteiger partial charge in [-0.3, -0.25) is 19.2 Å². The summed E-state index contributed by atoms with van der Waals surface area (Å²) in [4.78, 5) is 57.0. The third kappa shape index (κ3) is 8.15. The molecule has 5 atom stereocenters. The topological polar surface area (TPSA) is 108 Å². The van der Waals surface area contributed by atoms with Crippen LogP contribution in [0.1, 0.15) is 57.4 Å². The second-order valence-electron chi connectivity index (χ2n) is 12.3. The van der Waals surface area contributed by atoms with Gasteiger partial charge in [0.15, 0.2) is 0 Å². The van der Waals surface area contributed by atoms with E-state index in [1.807, 2.05) is 70.5 Å². The Morgan fingerprint density at radius 2 is 1.70 bits per heavy atom. The van der Waals surface area contributed by atoms with Crippen molar-refractivity contribution in [3.05, 3.63) is 66.2 Å². The molecule has 2 bridgehead atoms. The Morgan fingerprint density at radius 1 is 0.953 bits per heavy atom. The molecule has 0 radical (unpaired) electrons. The van der Waals surface area contributed by atoms with Gasteiger partial charge in [-0.15, -0.1) is 0 Å². The largest absolute Gasteiger partial charge is 0.494 e. The Morgan fingerprint density at radius 3 is 2.47 bits per heavy atom. The molecule has 5 rings (SSSR count). The third-order valence-corrected chi connectivity index (χ3v) is 9.00. The average Bonchev–Trinajstić information content (AvgIpc) is 3.02. The highest BCUT2D eigenvalue weighted by atomic mass is 16.5. The summed E-state index contributed by atoms with van der Waals surface area (Å²) >= 11 is 0. The second kappa shape index (κ2) is 14.5. The van der Waals surface area contributed by atoms with Crippen LogP contribution >= 0.6 is 0 Å². The summed E-state index contributed by atoms with van der Waals surface area (Å²) in [6, 6.07) is 18.0. The minimum atomic E-state index is -0.702. The Labute approximate surface area is 254 Å². The number of hydrogen-bond acceptors (Lipinski definition) is 5. The number of rotatable bonds is 8. The molecule has 3 aliphatic rings. The van der Waals surface area contributed by atoms with Crippen molar-refractivity contribution in [3.63, 3.8) is 0 Å². The van der Waals surface area contributed by atoms with Crippen molar-refractivity contribution in [1.29, 1.82) is 0 Å². The molecule has 0 unspecified atom stereocenters. The highest BCUT2D eigenvalue weighted by molar-refractivity contribution is 5.92. The van der Waals surface area contributed by atoms with Crippen molar-refractivity contribution in [3.8, 4) is 5.75 Å². The Balaban J connectivity index is 1.19. The van der Waals surface area contributed by atoms with Crippen LogP contribution in [0, 0.1) is 11.8 Å². The maximum absolute atomic E-state index is 13.8. The highest BCUT2D eigenvalue weighted by Crippen LogP contribution is 2.36. The predicted octanol–water partition coefficient (Wildman–Crippen LogP) is 3.33. The molecular weight excluding hydrogens is 544 g/mol. The van der Waals surface area contributed by atoms with E-state index in [1.165, 1.54) is 0 Å². The summed E-state index contributed by atoms with van der Waals surface area (Å²) in [6.07, 6.45) is 4.75. The van der Waals surface area contributed by atoms with E-state index in [0.29, 0.717) is 71.2 Å². The van der Waals surface area contributed by atoms with E-state index in [9.17, 15) is 19.2 Å². The van der Waals surface area contributed by atoms with Crippen LogP contribution in [0.5, 0.6) is 5.75 Å². The lowest BCUT2D eigenvalue weighted by Crippen LogP contribution is -2.63. The zero-order valence-corrected chi connectivity index (χ0v) is 25.1. The van der Waals surface area contributed by atoms with Crippen molar-refractivity contribution < 1.29 is 23.9 Å². The lowest BCUT2D eigenvalue weighted by molar-refractivity contribution is -0.148. The summed E-state index contributed by atoms with van der Waals surface area (Å²) in [5, 5.41) is 5.82. The van der Waals surface area contributed by atoms with E-state index in [1.54, 1.807) is 6.92 Å². The fourth-order valence-electron chi connectivity index (χ4n) is 6.85. The minimum absolute atomic E-state index is 0.0683.